The summed E-state index contributed by atoms with van der Waals surface area (Å²) in [5.41, 5.74) is 6.16. The van der Waals surface area contributed by atoms with Gasteiger partial charge in [0.1, 0.15) is 66.6 Å². The number of aliphatic hydroxyl groups excluding tert-OH is 7. The molecule has 0 saturated carbocycles. The van der Waals surface area contributed by atoms with Crippen molar-refractivity contribution in [3.05, 3.63) is 164 Å². The zero-order valence-corrected chi connectivity index (χ0v) is 35.5. The second-order valence-electron chi connectivity index (χ2n) is 16.0. The van der Waals surface area contributed by atoms with E-state index in [0.717, 1.165) is 52.9 Å². The molecule has 0 amide bonds. The van der Waals surface area contributed by atoms with Crippen LogP contribution < -0.4 is 0 Å². The van der Waals surface area contributed by atoms with E-state index in [1.165, 1.54) is 35.6 Å². The van der Waals surface area contributed by atoms with Crippen LogP contribution in [0.3, 0.4) is 0 Å². The lowest BCUT2D eigenvalue weighted by Crippen LogP contribution is -2.65. The number of ether oxygens (including phenoxy) is 3. The molecule has 8 rings (SSSR count). The summed E-state index contributed by atoms with van der Waals surface area (Å²) in [7, 11) is 0. The molecule has 7 N–H and O–H groups in total. The Labute approximate surface area is 365 Å². The van der Waals surface area contributed by atoms with E-state index in [4.69, 9.17) is 14.2 Å². The molecule has 2 saturated heterocycles. The molecule has 4 heterocycles. The standard InChI is InChI=1S/C48H48F2O10S2/c1-25-3-5-29(19-30(25)21-35-15-17-39(61-35)27-6-11-33(49)12-7-27)46-44(55)43(54)42(53)38(59-46)24-58-48(47(57)45(56)41(52)37(23-51)60-48)32-10-4-26(2)31(20-32)22-36-16-18-40(62-36)28-8-13-34(50)14-9-28/h3-20,37-38,41-47,51-57H,21-24H2,1-2H3/t37?,38?,41-,42-,43?,44?,45?,46+,47?,48+/m1/s1. The number of halogens is 2. The topological polar surface area (TPSA) is 169 Å². The molecular formula is C48H48F2O10S2. The highest BCUT2D eigenvalue weighted by atomic mass is 32.1. The molecule has 0 bridgehead atoms. The van der Waals surface area contributed by atoms with Crippen molar-refractivity contribution in [1.29, 1.82) is 0 Å². The fourth-order valence-electron chi connectivity index (χ4n) is 8.15. The summed E-state index contributed by atoms with van der Waals surface area (Å²) < 4.78 is 46.1. The van der Waals surface area contributed by atoms with Crippen molar-refractivity contribution in [3.8, 4) is 20.9 Å². The van der Waals surface area contributed by atoms with Crippen molar-refractivity contribution in [2.75, 3.05) is 13.2 Å². The van der Waals surface area contributed by atoms with Gasteiger partial charge >= 0.3 is 0 Å². The van der Waals surface area contributed by atoms with Crippen LogP contribution in [0.15, 0.2) is 109 Å². The van der Waals surface area contributed by atoms with E-state index in [1.54, 1.807) is 59.9 Å². The first-order chi connectivity index (χ1) is 29.7. The highest BCUT2D eigenvalue weighted by Crippen LogP contribution is 2.43. The highest BCUT2D eigenvalue weighted by molar-refractivity contribution is 7.15. The van der Waals surface area contributed by atoms with E-state index in [9.17, 15) is 44.5 Å². The Morgan fingerprint density at radius 2 is 1.13 bits per heavy atom. The number of hydrogen-bond acceptors (Lipinski definition) is 12. The van der Waals surface area contributed by atoms with Crippen molar-refractivity contribution >= 4 is 22.7 Å². The maximum absolute atomic E-state index is 13.6. The molecule has 2 aliphatic heterocycles. The number of aryl methyl sites for hydroxylation is 2. The summed E-state index contributed by atoms with van der Waals surface area (Å²) in [5.74, 6) is -2.85. The lowest BCUT2D eigenvalue weighted by Gasteiger charge is -2.49. The molecule has 2 aliphatic rings. The Kier molecular flexibility index (Phi) is 13.2. The molecule has 6 aromatic rings. The van der Waals surface area contributed by atoms with Gasteiger partial charge in [0.05, 0.1) is 13.2 Å². The van der Waals surface area contributed by atoms with Gasteiger partial charge in [-0.1, -0.05) is 54.6 Å². The Morgan fingerprint density at radius 3 is 1.69 bits per heavy atom. The first-order valence-electron chi connectivity index (χ1n) is 20.3. The SMILES string of the molecule is Cc1ccc([C@@H]2OC(CO[C@@]3(c4ccc(C)c(Cc5ccc(-c6ccc(F)cc6)s5)c4)OC(CO)[C@@H](O)C(O)C3O)[C@@H](O)C(O)C2O)cc1Cc1ccc(-c2ccc(F)cc2)s1. The molecular weight excluding hydrogens is 839 g/mol. The minimum atomic E-state index is -2.21. The monoisotopic (exact) mass is 886 g/mol. The lowest BCUT2D eigenvalue weighted by atomic mass is 9.86. The summed E-state index contributed by atoms with van der Waals surface area (Å²) in [6.07, 6.45) is -13.1. The molecule has 10 atom stereocenters. The summed E-state index contributed by atoms with van der Waals surface area (Å²) in [6.45, 7) is 2.61. The highest BCUT2D eigenvalue weighted by Gasteiger charge is 2.56. The molecule has 2 aromatic heterocycles. The minimum Gasteiger partial charge on any atom is -0.394 e. The van der Waals surface area contributed by atoms with Gasteiger partial charge in [-0.15, -0.1) is 22.7 Å². The minimum absolute atomic E-state index is 0.243. The van der Waals surface area contributed by atoms with Gasteiger partial charge < -0.3 is 50.0 Å². The normalized spacial score (nSPS) is 27.7. The zero-order chi connectivity index (χ0) is 43.9. The van der Waals surface area contributed by atoms with Crippen LogP contribution in [0, 0.1) is 25.5 Å². The number of hydrogen-bond donors (Lipinski definition) is 7. The first-order valence-corrected chi connectivity index (χ1v) is 21.9. The van der Waals surface area contributed by atoms with E-state index >= 15 is 0 Å². The summed E-state index contributed by atoms with van der Waals surface area (Å²) in [4.78, 5) is 3.96. The Hall–Kier alpha value is -4.26. The number of thiophene rings is 2. The van der Waals surface area contributed by atoms with Gasteiger partial charge in [-0.2, -0.15) is 0 Å². The molecule has 10 nitrogen and oxygen atoms in total. The van der Waals surface area contributed by atoms with Gasteiger partial charge in [0.15, 0.2) is 0 Å². The predicted octanol–water partition coefficient (Wildman–Crippen LogP) is 6.09. The molecule has 62 heavy (non-hydrogen) atoms. The summed E-state index contributed by atoms with van der Waals surface area (Å²) >= 11 is 3.11. The van der Waals surface area contributed by atoms with Gasteiger partial charge in [0, 0.05) is 37.9 Å². The average Bonchev–Trinajstić information content (AvgIpc) is 3.95. The third-order valence-electron chi connectivity index (χ3n) is 11.9. The van der Waals surface area contributed by atoms with E-state index in [-0.39, 0.29) is 17.2 Å². The second kappa shape index (κ2) is 18.5. The molecule has 0 aliphatic carbocycles. The second-order valence-corrected chi connectivity index (χ2v) is 18.4. The third kappa shape index (κ3) is 8.93. The van der Waals surface area contributed by atoms with E-state index < -0.39 is 73.9 Å². The van der Waals surface area contributed by atoms with Gasteiger partial charge in [-0.3, -0.25) is 0 Å². The van der Waals surface area contributed by atoms with Gasteiger partial charge in [-0.25, -0.2) is 8.78 Å². The molecule has 2 fully saturated rings. The number of rotatable bonds is 12. The zero-order valence-electron chi connectivity index (χ0n) is 33.8. The van der Waals surface area contributed by atoms with Crippen molar-refractivity contribution in [1.82, 2.24) is 0 Å². The Balaban J connectivity index is 1.05. The van der Waals surface area contributed by atoms with E-state index in [2.05, 4.69) is 0 Å². The van der Waals surface area contributed by atoms with Crippen LogP contribution >= 0.6 is 22.7 Å². The number of aliphatic hydroxyl groups is 7. The smallest absolute Gasteiger partial charge is 0.225 e. The maximum atomic E-state index is 13.6. The molecule has 14 heteroatoms. The average molecular weight is 887 g/mol. The fourth-order valence-corrected chi connectivity index (χ4v) is 10.2. The van der Waals surface area contributed by atoms with Crippen molar-refractivity contribution in [3.63, 3.8) is 0 Å². The fraction of sp³-hybridized carbons (Fsp3) is 0.333. The molecule has 0 radical (unpaired) electrons. The molecule has 0 spiro atoms. The first kappa shape index (κ1) is 44.4. The molecule has 4 aromatic carbocycles. The van der Waals surface area contributed by atoms with Crippen LogP contribution in [0.2, 0.25) is 0 Å². The summed E-state index contributed by atoms with van der Waals surface area (Å²) in [5, 5.41) is 77.6. The van der Waals surface area contributed by atoms with E-state index in [1.807, 2.05) is 50.2 Å². The van der Waals surface area contributed by atoms with Crippen molar-refractivity contribution < 1.29 is 58.7 Å². The van der Waals surface area contributed by atoms with Gasteiger partial charge in [-0.05, 0) is 107 Å². The van der Waals surface area contributed by atoms with Crippen LogP contribution in [0.25, 0.3) is 20.9 Å². The van der Waals surface area contributed by atoms with Crippen LogP contribution in [-0.2, 0) is 32.8 Å². The molecule has 6 unspecified atom stereocenters. The third-order valence-corrected chi connectivity index (χ3v) is 14.2. The summed E-state index contributed by atoms with van der Waals surface area (Å²) in [6, 6.07) is 31.2. The lowest BCUT2D eigenvalue weighted by molar-refractivity contribution is -0.381. The van der Waals surface area contributed by atoms with Crippen LogP contribution in [0.4, 0.5) is 8.78 Å². The van der Waals surface area contributed by atoms with Crippen molar-refractivity contribution in [2.24, 2.45) is 0 Å². The quantitative estimate of drug-likeness (QED) is 0.0765. The predicted molar refractivity (Wildman–Crippen MR) is 231 cm³/mol. The van der Waals surface area contributed by atoms with Crippen LogP contribution in [0.5, 0.6) is 0 Å². The van der Waals surface area contributed by atoms with E-state index in [0.29, 0.717) is 18.4 Å². The Bertz CT molecular complexity index is 2470. The molecule has 326 valence electrons. The van der Waals surface area contributed by atoms with Gasteiger partial charge in [0.2, 0.25) is 5.79 Å². The largest absolute Gasteiger partial charge is 0.394 e. The maximum Gasteiger partial charge on any atom is 0.225 e. The van der Waals surface area contributed by atoms with Gasteiger partial charge in [0.25, 0.3) is 0 Å². The number of benzene rings is 4. The van der Waals surface area contributed by atoms with Crippen LogP contribution in [0.1, 0.15) is 49.2 Å². The Morgan fingerprint density at radius 1 is 0.597 bits per heavy atom. The van der Waals surface area contributed by atoms with Crippen molar-refractivity contribution in [2.45, 2.75) is 87.4 Å². The van der Waals surface area contributed by atoms with Crippen LogP contribution in [-0.4, -0.2) is 97.8 Å².